The maximum Gasteiger partial charge on any atom is 0.272 e. The lowest BCUT2D eigenvalue weighted by Crippen LogP contribution is -2.49. The van der Waals surface area contributed by atoms with Crippen LogP contribution in [0.3, 0.4) is 0 Å². The van der Waals surface area contributed by atoms with Gasteiger partial charge in [-0.3, -0.25) is 14.5 Å². The van der Waals surface area contributed by atoms with Crippen LogP contribution in [0.25, 0.3) is 0 Å². The summed E-state index contributed by atoms with van der Waals surface area (Å²) in [6.45, 7) is 0.121. The van der Waals surface area contributed by atoms with Crippen molar-refractivity contribution in [2.24, 2.45) is 0 Å². The summed E-state index contributed by atoms with van der Waals surface area (Å²) in [5.41, 5.74) is 0.731. The second kappa shape index (κ2) is 7.70. The van der Waals surface area contributed by atoms with E-state index in [0.717, 1.165) is 16.3 Å². The van der Waals surface area contributed by atoms with Crippen molar-refractivity contribution in [2.45, 2.75) is 12.6 Å². The molecule has 148 valence electrons. The number of carbonyl (C=O) groups is 2. The first-order valence-electron chi connectivity index (χ1n) is 8.96. The number of hydrogen-bond acceptors (Lipinski definition) is 5. The van der Waals surface area contributed by atoms with E-state index >= 15 is 0 Å². The van der Waals surface area contributed by atoms with E-state index in [2.05, 4.69) is 15.4 Å². The Balaban J connectivity index is 1.48. The normalized spacial score (nSPS) is 16.0. The van der Waals surface area contributed by atoms with E-state index in [0.29, 0.717) is 11.6 Å². The minimum absolute atomic E-state index is 0.0686. The number of ether oxygens (including phenoxy) is 1. The molecule has 0 spiro atoms. The van der Waals surface area contributed by atoms with Crippen LogP contribution in [0.1, 0.15) is 16.1 Å². The number of pyridine rings is 1. The maximum atomic E-state index is 14.2. The number of nitrogens with one attached hydrogen (secondary N) is 1. The van der Waals surface area contributed by atoms with Gasteiger partial charge in [-0.05, 0) is 17.7 Å². The molecule has 2 amide bonds. The van der Waals surface area contributed by atoms with Crippen molar-refractivity contribution < 1.29 is 18.7 Å². The van der Waals surface area contributed by atoms with Gasteiger partial charge in [-0.25, -0.2) is 9.67 Å². The largest absolute Gasteiger partial charge is 0.487 e. The van der Waals surface area contributed by atoms with Crippen molar-refractivity contribution in [1.29, 1.82) is 0 Å². The van der Waals surface area contributed by atoms with Crippen LogP contribution < -0.4 is 15.0 Å². The van der Waals surface area contributed by atoms with Crippen LogP contribution in [-0.2, 0) is 11.3 Å². The van der Waals surface area contributed by atoms with Gasteiger partial charge in [-0.2, -0.15) is 9.49 Å². The molecular formula is C20H18FN5O3. The zero-order valence-corrected chi connectivity index (χ0v) is 15.6. The third kappa shape index (κ3) is 3.79. The number of fused-ring (bicyclic) bond motifs is 1. The summed E-state index contributed by atoms with van der Waals surface area (Å²) >= 11 is 0. The number of halogens is 1. The minimum atomic E-state index is -0.955. The summed E-state index contributed by atoms with van der Waals surface area (Å²) in [5, 5.41) is 6.60. The van der Waals surface area contributed by atoms with Crippen molar-refractivity contribution >= 4 is 17.6 Å². The van der Waals surface area contributed by atoms with E-state index in [1.807, 2.05) is 30.3 Å². The fraction of sp³-hybridized carbons (Fsp3) is 0.200. The van der Waals surface area contributed by atoms with Crippen molar-refractivity contribution in [3.63, 3.8) is 0 Å². The van der Waals surface area contributed by atoms with Gasteiger partial charge in [0.15, 0.2) is 17.3 Å². The van der Waals surface area contributed by atoms with Crippen molar-refractivity contribution in [2.75, 3.05) is 18.6 Å². The van der Waals surface area contributed by atoms with Gasteiger partial charge in [0, 0.05) is 19.3 Å². The van der Waals surface area contributed by atoms with Gasteiger partial charge in [0.05, 0.1) is 6.54 Å². The highest BCUT2D eigenvalue weighted by Crippen LogP contribution is 2.27. The van der Waals surface area contributed by atoms with E-state index in [-0.39, 0.29) is 24.8 Å². The molecule has 0 aliphatic carbocycles. The predicted molar refractivity (Wildman–Crippen MR) is 102 cm³/mol. The van der Waals surface area contributed by atoms with Gasteiger partial charge in [0.25, 0.3) is 11.8 Å². The summed E-state index contributed by atoms with van der Waals surface area (Å²) in [6, 6.07) is 12.7. The Kier molecular flexibility index (Phi) is 4.94. The fourth-order valence-electron chi connectivity index (χ4n) is 3.04. The molecule has 1 aliphatic rings. The molecule has 0 saturated carbocycles. The first-order valence-corrected chi connectivity index (χ1v) is 8.96. The molecule has 2 aromatic heterocycles. The molecule has 1 aromatic carbocycles. The SMILES string of the molecule is CN1C(=O)[C@@H](NC(=O)c2cc(F)n(Cc3ccccc3)n2)COc2cccnc21. The lowest BCUT2D eigenvalue weighted by molar-refractivity contribution is -0.120. The molecule has 3 aromatic rings. The topological polar surface area (TPSA) is 89.4 Å². The lowest BCUT2D eigenvalue weighted by Gasteiger charge is -2.19. The highest BCUT2D eigenvalue weighted by molar-refractivity contribution is 6.02. The molecule has 0 bridgehead atoms. The summed E-state index contributed by atoms with van der Waals surface area (Å²) in [6.07, 6.45) is 1.55. The Labute approximate surface area is 165 Å². The first kappa shape index (κ1) is 18.6. The third-order valence-electron chi connectivity index (χ3n) is 4.55. The Morgan fingerprint density at radius 2 is 2.07 bits per heavy atom. The molecule has 9 heteroatoms. The van der Waals surface area contributed by atoms with Crippen LogP contribution in [0.4, 0.5) is 10.2 Å². The van der Waals surface area contributed by atoms with Crippen molar-refractivity contribution in [1.82, 2.24) is 20.1 Å². The Bertz CT molecular complexity index is 1050. The number of benzene rings is 1. The Hall–Kier alpha value is -3.75. The summed E-state index contributed by atoms with van der Waals surface area (Å²) in [7, 11) is 1.55. The Morgan fingerprint density at radius 3 is 2.86 bits per heavy atom. The number of likely N-dealkylation sites (N-methyl/N-ethyl adjacent to an activating group) is 1. The quantitative estimate of drug-likeness (QED) is 0.725. The summed E-state index contributed by atoms with van der Waals surface area (Å²) in [5.74, 6) is -0.883. The number of nitrogens with zero attached hydrogens (tertiary/aromatic N) is 4. The van der Waals surface area contributed by atoms with E-state index < -0.39 is 17.9 Å². The average molecular weight is 395 g/mol. The molecule has 1 aliphatic heterocycles. The van der Waals surface area contributed by atoms with E-state index in [4.69, 9.17) is 4.74 Å². The third-order valence-corrected chi connectivity index (χ3v) is 4.55. The Morgan fingerprint density at radius 1 is 1.28 bits per heavy atom. The molecule has 0 saturated heterocycles. The number of hydrogen-bond donors (Lipinski definition) is 1. The average Bonchev–Trinajstić information content (AvgIpc) is 3.06. The van der Waals surface area contributed by atoms with E-state index in [1.54, 1.807) is 25.4 Å². The highest BCUT2D eigenvalue weighted by Gasteiger charge is 2.32. The van der Waals surface area contributed by atoms with Crippen LogP contribution in [0.5, 0.6) is 5.75 Å². The molecule has 1 atom stereocenters. The fourth-order valence-corrected chi connectivity index (χ4v) is 3.04. The highest BCUT2D eigenvalue weighted by atomic mass is 19.1. The van der Waals surface area contributed by atoms with Crippen LogP contribution in [0.2, 0.25) is 0 Å². The number of anilines is 1. The van der Waals surface area contributed by atoms with Crippen molar-refractivity contribution in [3.8, 4) is 5.75 Å². The summed E-state index contributed by atoms with van der Waals surface area (Å²) in [4.78, 5) is 30.7. The number of aromatic nitrogens is 3. The minimum Gasteiger partial charge on any atom is -0.487 e. The molecule has 0 radical (unpaired) electrons. The van der Waals surface area contributed by atoms with Crippen molar-refractivity contribution in [3.05, 3.63) is 71.9 Å². The van der Waals surface area contributed by atoms with Gasteiger partial charge >= 0.3 is 0 Å². The monoisotopic (exact) mass is 395 g/mol. The van der Waals surface area contributed by atoms with Gasteiger partial charge in [0.2, 0.25) is 5.95 Å². The number of amides is 2. The zero-order chi connectivity index (χ0) is 20.4. The molecule has 29 heavy (non-hydrogen) atoms. The number of carbonyl (C=O) groups excluding carboxylic acids is 2. The molecule has 3 heterocycles. The van der Waals surface area contributed by atoms with Gasteiger partial charge < -0.3 is 10.1 Å². The lowest BCUT2D eigenvalue weighted by atomic mass is 10.2. The summed E-state index contributed by atoms with van der Waals surface area (Å²) < 4.78 is 20.9. The predicted octanol–water partition coefficient (Wildman–Crippen LogP) is 1.62. The smallest absolute Gasteiger partial charge is 0.272 e. The van der Waals surface area contributed by atoms with Gasteiger partial charge in [0.1, 0.15) is 12.6 Å². The molecule has 1 N–H and O–H groups in total. The molecule has 4 rings (SSSR count). The number of rotatable bonds is 4. The molecular weight excluding hydrogens is 377 g/mol. The maximum absolute atomic E-state index is 14.2. The van der Waals surface area contributed by atoms with Crippen LogP contribution >= 0.6 is 0 Å². The standard InChI is InChI=1S/C20H18FN5O3/c1-25-18-16(8-5-9-22-18)29-12-15(20(25)28)23-19(27)14-10-17(21)26(24-14)11-13-6-3-2-4-7-13/h2-10,15H,11-12H2,1H3,(H,23,27)/t15-/m0/s1. The molecule has 8 nitrogen and oxygen atoms in total. The zero-order valence-electron chi connectivity index (χ0n) is 15.6. The van der Waals surface area contributed by atoms with Gasteiger partial charge in [-0.15, -0.1) is 0 Å². The molecule has 0 fully saturated rings. The van der Waals surface area contributed by atoms with Crippen LogP contribution in [0.15, 0.2) is 54.7 Å². The second-order valence-corrected chi connectivity index (χ2v) is 6.56. The second-order valence-electron chi connectivity index (χ2n) is 6.56. The van der Waals surface area contributed by atoms with Crippen LogP contribution in [-0.4, -0.2) is 46.3 Å². The van der Waals surface area contributed by atoms with Crippen LogP contribution in [0, 0.1) is 5.95 Å². The van der Waals surface area contributed by atoms with E-state index in [1.165, 1.54) is 4.90 Å². The first-order chi connectivity index (χ1) is 14.0. The van der Waals surface area contributed by atoms with Gasteiger partial charge in [-0.1, -0.05) is 30.3 Å². The van der Waals surface area contributed by atoms with E-state index in [9.17, 15) is 14.0 Å². The molecule has 0 unspecified atom stereocenters.